The molecule has 1 fully saturated rings. The van der Waals surface area contributed by atoms with Crippen molar-refractivity contribution in [1.82, 2.24) is 0 Å². The van der Waals surface area contributed by atoms with E-state index in [2.05, 4.69) is 26.8 Å². The first-order valence-corrected chi connectivity index (χ1v) is 7.23. The van der Waals surface area contributed by atoms with Gasteiger partial charge in [0.15, 0.2) is 6.29 Å². The van der Waals surface area contributed by atoms with Gasteiger partial charge < -0.3 is 19.7 Å². The van der Waals surface area contributed by atoms with E-state index in [-0.39, 0.29) is 6.61 Å². The first-order valence-electron chi connectivity index (χ1n) is 7.23. The summed E-state index contributed by atoms with van der Waals surface area (Å²) < 4.78 is 11.5. The Bertz CT molecular complexity index is 444. The van der Waals surface area contributed by atoms with Crippen molar-refractivity contribution < 1.29 is 19.7 Å². The van der Waals surface area contributed by atoms with Crippen molar-refractivity contribution in [1.29, 1.82) is 0 Å². The van der Waals surface area contributed by atoms with Crippen LogP contribution < -0.4 is 4.74 Å². The summed E-state index contributed by atoms with van der Waals surface area (Å²) in [5.74, 6) is 1.19. The maximum atomic E-state index is 9.69. The highest BCUT2D eigenvalue weighted by molar-refractivity contribution is 5.39. The van der Waals surface area contributed by atoms with Crippen molar-refractivity contribution >= 4 is 0 Å². The fourth-order valence-electron chi connectivity index (χ4n) is 2.47. The lowest BCUT2D eigenvalue weighted by Crippen LogP contribution is -2.43. The van der Waals surface area contributed by atoms with Crippen molar-refractivity contribution in [2.75, 3.05) is 6.61 Å². The van der Waals surface area contributed by atoms with Crippen molar-refractivity contribution in [3.8, 4) is 5.75 Å². The van der Waals surface area contributed by atoms with Crippen LogP contribution in [-0.2, 0) is 4.74 Å². The fraction of sp³-hybridized carbons (Fsp3) is 0.625. The van der Waals surface area contributed by atoms with Crippen LogP contribution in [0.25, 0.3) is 0 Å². The Morgan fingerprint density at radius 2 is 2.10 bits per heavy atom. The zero-order valence-electron chi connectivity index (χ0n) is 12.4. The number of aliphatic hydroxyl groups is 2. The monoisotopic (exact) mass is 280 g/mol. The van der Waals surface area contributed by atoms with E-state index in [1.807, 2.05) is 12.1 Å². The third kappa shape index (κ3) is 3.51. The number of benzene rings is 1. The number of hydrogen-bond donors (Lipinski definition) is 2. The van der Waals surface area contributed by atoms with Crippen LogP contribution in [0, 0.1) is 6.92 Å². The summed E-state index contributed by atoms with van der Waals surface area (Å²) >= 11 is 0. The molecule has 0 spiro atoms. The predicted octanol–water partition coefficient (Wildman–Crippen LogP) is 2.36. The Balaban J connectivity index is 2.10. The molecule has 0 saturated carbocycles. The Kier molecular flexibility index (Phi) is 5.02. The quantitative estimate of drug-likeness (QED) is 0.889. The second-order valence-electron chi connectivity index (χ2n) is 5.75. The molecule has 0 aliphatic carbocycles. The van der Waals surface area contributed by atoms with Crippen molar-refractivity contribution in [2.45, 2.75) is 58.0 Å². The molecule has 0 amide bonds. The average molecular weight is 280 g/mol. The second-order valence-corrected chi connectivity index (χ2v) is 5.75. The van der Waals surface area contributed by atoms with E-state index in [1.165, 1.54) is 5.56 Å². The van der Waals surface area contributed by atoms with E-state index < -0.39 is 18.5 Å². The molecule has 1 aliphatic rings. The van der Waals surface area contributed by atoms with Crippen molar-refractivity contribution in [3.05, 3.63) is 29.3 Å². The van der Waals surface area contributed by atoms with Gasteiger partial charge in [-0.05, 0) is 30.9 Å². The number of aliphatic hydroxyl groups excluding tert-OH is 2. The van der Waals surface area contributed by atoms with Gasteiger partial charge >= 0.3 is 0 Å². The van der Waals surface area contributed by atoms with Crippen LogP contribution in [-0.4, -0.2) is 35.3 Å². The summed E-state index contributed by atoms with van der Waals surface area (Å²) in [6.07, 6.45) is -0.359. The van der Waals surface area contributed by atoms with E-state index in [4.69, 9.17) is 9.47 Å². The third-order valence-electron chi connectivity index (χ3n) is 3.68. The lowest BCUT2D eigenvalue weighted by Gasteiger charge is -2.33. The van der Waals surface area contributed by atoms with E-state index in [0.717, 1.165) is 11.3 Å². The topological polar surface area (TPSA) is 58.9 Å². The molecular weight excluding hydrogens is 256 g/mol. The summed E-state index contributed by atoms with van der Waals surface area (Å²) in [5, 5.41) is 18.9. The maximum absolute atomic E-state index is 9.69. The van der Waals surface area contributed by atoms with Gasteiger partial charge in [0, 0.05) is 6.42 Å². The SMILES string of the molecule is Cc1ccc(OC2CCC(O)[C@@H](CO)O2)c(C(C)C)c1. The van der Waals surface area contributed by atoms with Gasteiger partial charge in [0.05, 0.1) is 12.7 Å². The molecule has 2 N–H and O–H groups in total. The molecule has 0 radical (unpaired) electrons. The molecule has 1 aliphatic heterocycles. The molecule has 2 unspecified atom stereocenters. The van der Waals surface area contributed by atoms with Gasteiger partial charge in [-0.15, -0.1) is 0 Å². The van der Waals surface area contributed by atoms with E-state index in [0.29, 0.717) is 18.8 Å². The standard InChI is InChI=1S/C16H24O4/c1-10(2)12-8-11(3)4-6-14(12)19-16-7-5-13(18)15(9-17)20-16/h4,6,8,10,13,15-18H,5,7,9H2,1-3H3/t13?,15-,16?/m1/s1. The Labute approximate surface area is 120 Å². The Morgan fingerprint density at radius 1 is 1.35 bits per heavy atom. The van der Waals surface area contributed by atoms with Crippen LogP contribution in [0.1, 0.15) is 43.7 Å². The molecule has 0 aromatic heterocycles. The minimum Gasteiger partial charge on any atom is -0.465 e. The molecular formula is C16H24O4. The number of aryl methyl sites for hydroxylation is 1. The molecule has 1 heterocycles. The molecule has 1 aromatic rings. The second kappa shape index (κ2) is 6.57. The Hall–Kier alpha value is -1.10. The normalized spacial score (nSPS) is 26.8. The van der Waals surface area contributed by atoms with E-state index >= 15 is 0 Å². The summed E-state index contributed by atoms with van der Waals surface area (Å²) in [6, 6.07) is 6.11. The Morgan fingerprint density at radius 3 is 2.75 bits per heavy atom. The largest absolute Gasteiger partial charge is 0.465 e. The van der Waals surface area contributed by atoms with Gasteiger partial charge in [0.25, 0.3) is 0 Å². The first kappa shape index (κ1) is 15.3. The maximum Gasteiger partial charge on any atom is 0.200 e. The van der Waals surface area contributed by atoms with Crippen LogP contribution in [0.15, 0.2) is 18.2 Å². The van der Waals surface area contributed by atoms with Gasteiger partial charge in [-0.3, -0.25) is 0 Å². The van der Waals surface area contributed by atoms with E-state index in [9.17, 15) is 10.2 Å². The highest BCUT2D eigenvalue weighted by Crippen LogP contribution is 2.30. The zero-order valence-corrected chi connectivity index (χ0v) is 12.4. The van der Waals surface area contributed by atoms with Gasteiger partial charge in [-0.2, -0.15) is 0 Å². The summed E-state index contributed by atoms with van der Waals surface area (Å²) in [5.41, 5.74) is 2.36. The highest BCUT2D eigenvalue weighted by atomic mass is 16.7. The predicted molar refractivity (Wildman–Crippen MR) is 76.9 cm³/mol. The molecule has 2 rings (SSSR count). The molecule has 1 aromatic carbocycles. The summed E-state index contributed by atoms with van der Waals surface area (Å²) in [6.45, 7) is 6.13. The van der Waals surface area contributed by atoms with Crippen LogP contribution >= 0.6 is 0 Å². The van der Waals surface area contributed by atoms with Crippen molar-refractivity contribution in [2.24, 2.45) is 0 Å². The number of ether oxygens (including phenoxy) is 2. The van der Waals surface area contributed by atoms with Gasteiger partial charge in [0.1, 0.15) is 11.9 Å². The first-order chi connectivity index (χ1) is 9.51. The molecule has 0 bridgehead atoms. The van der Waals surface area contributed by atoms with Crippen LogP contribution in [0.2, 0.25) is 0 Å². The highest BCUT2D eigenvalue weighted by Gasteiger charge is 2.30. The minimum absolute atomic E-state index is 0.189. The fourth-order valence-corrected chi connectivity index (χ4v) is 2.47. The van der Waals surface area contributed by atoms with Crippen LogP contribution in [0.3, 0.4) is 0 Å². The van der Waals surface area contributed by atoms with Gasteiger partial charge in [-0.1, -0.05) is 31.5 Å². The van der Waals surface area contributed by atoms with Crippen molar-refractivity contribution in [3.63, 3.8) is 0 Å². The molecule has 1 saturated heterocycles. The lowest BCUT2D eigenvalue weighted by atomic mass is 10.00. The van der Waals surface area contributed by atoms with Gasteiger partial charge in [0.2, 0.25) is 0 Å². The molecule has 3 atom stereocenters. The van der Waals surface area contributed by atoms with Crippen LogP contribution in [0.4, 0.5) is 0 Å². The summed E-state index contributed by atoms with van der Waals surface area (Å²) in [7, 11) is 0. The molecule has 20 heavy (non-hydrogen) atoms. The zero-order chi connectivity index (χ0) is 14.7. The summed E-state index contributed by atoms with van der Waals surface area (Å²) in [4.78, 5) is 0. The third-order valence-corrected chi connectivity index (χ3v) is 3.68. The smallest absolute Gasteiger partial charge is 0.200 e. The average Bonchev–Trinajstić information content (AvgIpc) is 2.42. The molecule has 112 valence electrons. The van der Waals surface area contributed by atoms with Gasteiger partial charge in [-0.25, -0.2) is 0 Å². The lowest BCUT2D eigenvalue weighted by molar-refractivity contribution is -0.196. The van der Waals surface area contributed by atoms with E-state index in [1.54, 1.807) is 0 Å². The molecule has 4 heteroatoms. The minimum atomic E-state index is -0.609. The van der Waals surface area contributed by atoms with Crippen LogP contribution in [0.5, 0.6) is 5.75 Å². The molecule has 4 nitrogen and oxygen atoms in total. The number of hydrogen-bond acceptors (Lipinski definition) is 4. The number of rotatable bonds is 4.